The van der Waals surface area contributed by atoms with Crippen LogP contribution in [0.15, 0.2) is 12.1 Å². The lowest BCUT2D eigenvalue weighted by Crippen LogP contribution is -2.16. The van der Waals surface area contributed by atoms with Crippen molar-refractivity contribution in [1.29, 1.82) is 0 Å². The smallest absolute Gasteiger partial charge is 0.138 e. The van der Waals surface area contributed by atoms with Gasteiger partial charge in [0.1, 0.15) is 11.6 Å². The molecule has 0 aliphatic heterocycles. The molecule has 0 amide bonds. The molecule has 1 heterocycles. The molecule has 0 N–H and O–H groups in total. The Labute approximate surface area is 142 Å². The molecule has 4 rings (SSSR count). The molecule has 2 saturated carbocycles. The van der Waals surface area contributed by atoms with Crippen molar-refractivity contribution in [2.24, 2.45) is 17.8 Å². The quantitative estimate of drug-likeness (QED) is 0.496. The number of benzene rings is 1. The van der Waals surface area contributed by atoms with Gasteiger partial charge in [0.25, 0.3) is 0 Å². The lowest BCUT2D eigenvalue weighted by Gasteiger charge is -2.18. The zero-order valence-corrected chi connectivity index (χ0v) is 14.6. The molecule has 0 bridgehead atoms. The number of alkyl halides is 1. The van der Waals surface area contributed by atoms with Crippen LogP contribution in [0, 0.1) is 27.1 Å². The highest BCUT2D eigenvalue weighted by atomic mass is 127. The van der Waals surface area contributed by atoms with Gasteiger partial charge < -0.3 is 4.57 Å². The molecule has 0 saturated heterocycles. The summed E-state index contributed by atoms with van der Waals surface area (Å²) in [7, 11) is 0. The Balaban J connectivity index is 1.76. The highest BCUT2D eigenvalue weighted by Crippen LogP contribution is 2.50. The Kier molecular flexibility index (Phi) is 3.64. The number of fused-ring (bicyclic) bond motifs is 1. The molecule has 2 fully saturated rings. The van der Waals surface area contributed by atoms with E-state index in [0.29, 0.717) is 9.45 Å². The van der Waals surface area contributed by atoms with Gasteiger partial charge in [-0.1, -0.05) is 0 Å². The summed E-state index contributed by atoms with van der Waals surface area (Å²) in [6, 6.07) is 3.44. The zero-order chi connectivity index (χ0) is 14.6. The molecule has 2 aliphatic rings. The minimum Gasteiger partial charge on any atom is -0.327 e. The van der Waals surface area contributed by atoms with Gasteiger partial charge in [-0.05, 0) is 72.1 Å². The number of aromatic nitrogens is 2. The summed E-state index contributed by atoms with van der Waals surface area (Å²) in [6.07, 6.45) is 5.43. The first-order valence-electron chi connectivity index (χ1n) is 7.57. The summed E-state index contributed by atoms with van der Waals surface area (Å²) in [4.78, 5) is 4.61. The summed E-state index contributed by atoms with van der Waals surface area (Å²) >= 11 is 8.09. The van der Waals surface area contributed by atoms with Gasteiger partial charge in [0.05, 0.1) is 20.5 Å². The van der Waals surface area contributed by atoms with Crippen LogP contribution < -0.4 is 0 Å². The van der Waals surface area contributed by atoms with E-state index in [4.69, 9.17) is 11.6 Å². The summed E-state index contributed by atoms with van der Waals surface area (Å²) in [5, 5.41) is 0. The lowest BCUT2D eigenvalue weighted by molar-refractivity contribution is 0.349. The van der Waals surface area contributed by atoms with Crippen LogP contribution in [0.4, 0.5) is 4.39 Å². The molecule has 0 spiro atoms. The molecule has 1 aromatic carbocycles. The molecule has 21 heavy (non-hydrogen) atoms. The second-order valence-corrected chi connectivity index (χ2v) is 7.80. The van der Waals surface area contributed by atoms with Gasteiger partial charge in [0, 0.05) is 12.6 Å². The summed E-state index contributed by atoms with van der Waals surface area (Å²) in [5.74, 6) is 3.55. The van der Waals surface area contributed by atoms with Gasteiger partial charge in [-0.15, -0.1) is 11.6 Å². The first-order chi connectivity index (χ1) is 10.2. The maximum Gasteiger partial charge on any atom is 0.138 e. The SMILES string of the molecule is Fc1cc2c(cc1I)nc(CCl)n2CC(C1CC1)C1CC1. The van der Waals surface area contributed by atoms with Crippen molar-refractivity contribution < 1.29 is 4.39 Å². The fourth-order valence-electron chi connectivity index (χ4n) is 3.42. The predicted octanol–water partition coefficient (Wildman–Crippen LogP) is 4.96. The first-order valence-corrected chi connectivity index (χ1v) is 9.19. The van der Waals surface area contributed by atoms with E-state index < -0.39 is 0 Å². The third-order valence-corrected chi connectivity index (χ3v) is 5.90. The fourth-order valence-corrected chi connectivity index (χ4v) is 4.07. The Morgan fingerprint density at radius 1 is 1.29 bits per heavy atom. The van der Waals surface area contributed by atoms with Crippen molar-refractivity contribution >= 4 is 45.2 Å². The van der Waals surface area contributed by atoms with Crippen LogP contribution in [0.5, 0.6) is 0 Å². The highest BCUT2D eigenvalue weighted by molar-refractivity contribution is 14.1. The average Bonchev–Trinajstić information content (AvgIpc) is 3.35. The maximum atomic E-state index is 13.9. The minimum absolute atomic E-state index is 0.167. The van der Waals surface area contributed by atoms with Crippen molar-refractivity contribution in [1.82, 2.24) is 9.55 Å². The normalized spacial score (nSPS) is 18.9. The third-order valence-electron chi connectivity index (χ3n) is 4.84. The van der Waals surface area contributed by atoms with Gasteiger partial charge in [0.15, 0.2) is 0 Å². The summed E-state index contributed by atoms with van der Waals surface area (Å²) < 4.78 is 16.7. The van der Waals surface area contributed by atoms with Crippen LogP contribution in [0.1, 0.15) is 31.5 Å². The Morgan fingerprint density at radius 3 is 2.52 bits per heavy atom. The lowest BCUT2D eigenvalue weighted by atomic mass is 9.98. The molecular formula is C16H17ClFIN2. The Morgan fingerprint density at radius 2 is 1.95 bits per heavy atom. The van der Waals surface area contributed by atoms with Crippen LogP contribution in [-0.2, 0) is 12.4 Å². The molecule has 112 valence electrons. The monoisotopic (exact) mass is 418 g/mol. The van der Waals surface area contributed by atoms with Gasteiger partial charge in [-0.3, -0.25) is 0 Å². The van der Waals surface area contributed by atoms with Crippen molar-refractivity contribution in [2.75, 3.05) is 0 Å². The number of nitrogens with zero attached hydrogens (tertiary/aromatic N) is 2. The van der Waals surface area contributed by atoms with E-state index in [1.165, 1.54) is 25.7 Å². The van der Waals surface area contributed by atoms with E-state index in [9.17, 15) is 4.39 Å². The van der Waals surface area contributed by atoms with Gasteiger partial charge in [0.2, 0.25) is 0 Å². The maximum absolute atomic E-state index is 13.9. The number of hydrogen-bond donors (Lipinski definition) is 0. The second kappa shape index (κ2) is 5.37. The molecular weight excluding hydrogens is 402 g/mol. The number of imidazole rings is 1. The van der Waals surface area contributed by atoms with Crippen molar-refractivity contribution in [3.8, 4) is 0 Å². The third kappa shape index (κ3) is 2.69. The average molecular weight is 419 g/mol. The predicted molar refractivity (Wildman–Crippen MR) is 90.9 cm³/mol. The van der Waals surface area contributed by atoms with Crippen LogP contribution in [-0.4, -0.2) is 9.55 Å². The fraction of sp³-hybridized carbons (Fsp3) is 0.562. The molecule has 2 aromatic rings. The largest absolute Gasteiger partial charge is 0.327 e. The highest BCUT2D eigenvalue weighted by Gasteiger charge is 2.41. The molecule has 5 heteroatoms. The van der Waals surface area contributed by atoms with Gasteiger partial charge in [-0.25, -0.2) is 9.37 Å². The molecule has 0 unspecified atom stereocenters. The molecule has 0 atom stereocenters. The standard InChI is InChI=1S/C16H17ClFIN2/c17-7-16-20-14-6-13(19)12(18)5-15(14)21(16)8-11(9-1-2-9)10-3-4-10/h5-6,9-11H,1-4,7-8H2. The van der Waals surface area contributed by atoms with Crippen molar-refractivity contribution in [3.63, 3.8) is 0 Å². The van der Waals surface area contributed by atoms with Crippen LogP contribution in [0.2, 0.25) is 0 Å². The van der Waals surface area contributed by atoms with Gasteiger partial charge in [-0.2, -0.15) is 0 Å². The van der Waals surface area contributed by atoms with Crippen molar-refractivity contribution in [3.05, 3.63) is 27.3 Å². The zero-order valence-electron chi connectivity index (χ0n) is 11.7. The van der Waals surface area contributed by atoms with Crippen molar-refractivity contribution in [2.45, 2.75) is 38.1 Å². The van der Waals surface area contributed by atoms with Crippen LogP contribution in [0.3, 0.4) is 0 Å². The van der Waals surface area contributed by atoms with E-state index in [2.05, 4.69) is 9.55 Å². The number of halogens is 3. The summed E-state index contributed by atoms with van der Waals surface area (Å²) in [5.41, 5.74) is 1.76. The number of hydrogen-bond acceptors (Lipinski definition) is 1. The van der Waals surface area contributed by atoms with E-state index in [1.807, 2.05) is 28.7 Å². The molecule has 2 aliphatic carbocycles. The van der Waals surface area contributed by atoms with Crippen LogP contribution in [0.25, 0.3) is 11.0 Å². The first kappa shape index (κ1) is 14.2. The second-order valence-electron chi connectivity index (χ2n) is 6.37. The van der Waals surface area contributed by atoms with E-state index in [1.54, 1.807) is 6.07 Å². The summed E-state index contributed by atoms with van der Waals surface area (Å²) in [6.45, 7) is 0.952. The minimum atomic E-state index is -0.167. The molecule has 0 radical (unpaired) electrons. The van der Waals surface area contributed by atoms with Crippen LogP contribution >= 0.6 is 34.2 Å². The van der Waals surface area contributed by atoms with E-state index in [-0.39, 0.29) is 5.82 Å². The Hall–Kier alpha value is -0.360. The molecule has 2 nitrogen and oxygen atoms in total. The van der Waals surface area contributed by atoms with E-state index in [0.717, 1.165) is 41.2 Å². The van der Waals surface area contributed by atoms with Gasteiger partial charge >= 0.3 is 0 Å². The Bertz CT molecular complexity index is 679. The topological polar surface area (TPSA) is 17.8 Å². The van der Waals surface area contributed by atoms with E-state index >= 15 is 0 Å². The molecule has 1 aromatic heterocycles. The number of rotatable bonds is 5.